The van der Waals surface area contributed by atoms with Crippen LogP contribution in [0.3, 0.4) is 0 Å². The van der Waals surface area contributed by atoms with Gasteiger partial charge in [-0.1, -0.05) is 29.3 Å². The Morgan fingerprint density at radius 1 is 1.11 bits per heavy atom. The van der Waals surface area contributed by atoms with E-state index in [2.05, 4.69) is 4.90 Å². The van der Waals surface area contributed by atoms with E-state index in [1.807, 2.05) is 18.2 Å². The summed E-state index contributed by atoms with van der Waals surface area (Å²) in [7, 11) is 0. The molecule has 0 amide bonds. The van der Waals surface area contributed by atoms with Crippen molar-refractivity contribution in [2.45, 2.75) is 13.0 Å². The lowest BCUT2D eigenvalue weighted by Crippen LogP contribution is -2.20. The molecule has 2 atom stereocenters. The van der Waals surface area contributed by atoms with E-state index in [-0.39, 0.29) is 19.1 Å². The summed E-state index contributed by atoms with van der Waals surface area (Å²) in [5.74, 6) is 0.632. The first-order valence-corrected chi connectivity index (χ1v) is 7.27. The van der Waals surface area contributed by atoms with Gasteiger partial charge in [-0.25, -0.2) is 0 Å². The molecule has 2 unspecified atom stereocenters. The van der Waals surface area contributed by atoms with E-state index in [1.165, 1.54) is 0 Å². The molecule has 1 aliphatic heterocycles. The number of halogens is 2. The van der Waals surface area contributed by atoms with Crippen LogP contribution in [0.5, 0.6) is 0 Å². The molecule has 5 heteroatoms. The summed E-state index contributed by atoms with van der Waals surface area (Å²) in [5, 5.41) is 19.6. The number of rotatable bonds is 5. The first kappa shape index (κ1) is 15.1. The zero-order valence-electron chi connectivity index (χ0n) is 10.7. The second-order valence-electron chi connectivity index (χ2n) is 5.16. The SMILES string of the molecule is OCCC1CN(Cc2ccc(Cl)c(Cl)c2)CC1CO. The molecule has 0 aliphatic carbocycles. The van der Waals surface area contributed by atoms with Gasteiger partial charge in [0.2, 0.25) is 0 Å². The Kier molecular flexibility index (Phi) is 5.48. The molecule has 106 valence electrons. The van der Waals surface area contributed by atoms with Gasteiger partial charge in [0.15, 0.2) is 0 Å². The van der Waals surface area contributed by atoms with Gasteiger partial charge >= 0.3 is 0 Å². The third-order valence-electron chi connectivity index (χ3n) is 3.78. The molecule has 1 aromatic carbocycles. The van der Waals surface area contributed by atoms with E-state index in [1.54, 1.807) is 0 Å². The molecule has 19 heavy (non-hydrogen) atoms. The van der Waals surface area contributed by atoms with Gasteiger partial charge in [-0.3, -0.25) is 4.90 Å². The first-order valence-electron chi connectivity index (χ1n) is 6.52. The van der Waals surface area contributed by atoms with Crippen LogP contribution < -0.4 is 0 Å². The van der Waals surface area contributed by atoms with Gasteiger partial charge < -0.3 is 10.2 Å². The Bertz CT molecular complexity index is 428. The highest BCUT2D eigenvalue weighted by atomic mass is 35.5. The summed E-state index contributed by atoms with van der Waals surface area (Å²) in [6.45, 7) is 2.94. The lowest BCUT2D eigenvalue weighted by atomic mass is 9.94. The van der Waals surface area contributed by atoms with Crippen molar-refractivity contribution in [1.29, 1.82) is 0 Å². The highest BCUT2D eigenvalue weighted by molar-refractivity contribution is 6.42. The first-order chi connectivity index (χ1) is 9.13. The molecule has 3 nitrogen and oxygen atoms in total. The smallest absolute Gasteiger partial charge is 0.0595 e. The number of benzene rings is 1. The molecule has 1 heterocycles. The summed E-state index contributed by atoms with van der Waals surface area (Å²) in [6.07, 6.45) is 0.753. The van der Waals surface area contributed by atoms with Crippen LogP contribution in [0.2, 0.25) is 10.0 Å². The fraction of sp³-hybridized carbons (Fsp3) is 0.571. The van der Waals surface area contributed by atoms with Crippen LogP contribution in [-0.4, -0.2) is 41.4 Å². The third-order valence-corrected chi connectivity index (χ3v) is 4.52. The van der Waals surface area contributed by atoms with Gasteiger partial charge in [-0.15, -0.1) is 0 Å². The average Bonchev–Trinajstić information content (AvgIpc) is 2.76. The van der Waals surface area contributed by atoms with Crippen LogP contribution in [-0.2, 0) is 6.54 Å². The molecular formula is C14H19Cl2NO2. The van der Waals surface area contributed by atoms with Gasteiger partial charge in [0.1, 0.15) is 0 Å². The zero-order valence-corrected chi connectivity index (χ0v) is 12.2. The van der Waals surface area contributed by atoms with Crippen molar-refractivity contribution >= 4 is 23.2 Å². The van der Waals surface area contributed by atoms with Gasteiger partial charge in [-0.05, 0) is 36.0 Å². The minimum atomic E-state index is 0.182. The molecule has 1 fully saturated rings. The van der Waals surface area contributed by atoms with Crippen molar-refractivity contribution in [2.24, 2.45) is 11.8 Å². The lowest BCUT2D eigenvalue weighted by molar-refractivity contribution is 0.178. The number of likely N-dealkylation sites (tertiary alicyclic amines) is 1. The predicted molar refractivity (Wildman–Crippen MR) is 77.5 cm³/mol. The van der Waals surface area contributed by atoms with Crippen LogP contribution >= 0.6 is 23.2 Å². The maximum absolute atomic E-state index is 9.38. The van der Waals surface area contributed by atoms with Crippen molar-refractivity contribution in [1.82, 2.24) is 4.90 Å². The van der Waals surface area contributed by atoms with E-state index in [4.69, 9.17) is 28.3 Å². The van der Waals surface area contributed by atoms with Crippen molar-refractivity contribution in [3.05, 3.63) is 33.8 Å². The molecule has 0 radical (unpaired) electrons. The quantitative estimate of drug-likeness (QED) is 0.878. The average molecular weight is 304 g/mol. The van der Waals surface area contributed by atoms with E-state index in [0.717, 1.165) is 31.6 Å². The summed E-state index contributed by atoms with van der Waals surface area (Å²) in [5.41, 5.74) is 1.12. The molecule has 0 bridgehead atoms. The van der Waals surface area contributed by atoms with Crippen LogP contribution in [0.4, 0.5) is 0 Å². The van der Waals surface area contributed by atoms with Gasteiger partial charge in [0.25, 0.3) is 0 Å². The molecule has 1 aliphatic rings. The second-order valence-corrected chi connectivity index (χ2v) is 5.97. The number of aliphatic hydroxyl groups excluding tert-OH is 2. The highest BCUT2D eigenvalue weighted by Gasteiger charge is 2.31. The van der Waals surface area contributed by atoms with Gasteiger partial charge in [0, 0.05) is 32.8 Å². The maximum atomic E-state index is 9.38. The van der Waals surface area contributed by atoms with Gasteiger partial charge in [0.05, 0.1) is 10.0 Å². The highest BCUT2D eigenvalue weighted by Crippen LogP contribution is 2.28. The summed E-state index contributed by atoms with van der Waals surface area (Å²) in [6, 6.07) is 5.67. The van der Waals surface area contributed by atoms with E-state index in [9.17, 15) is 5.11 Å². The normalized spacial score (nSPS) is 24.0. The number of hydrogen-bond donors (Lipinski definition) is 2. The van der Waals surface area contributed by atoms with Gasteiger partial charge in [-0.2, -0.15) is 0 Å². The van der Waals surface area contributed by atoms with E-state index in [0.29, 0.717) is 16.0 Å². The molecule has 2 rings (SSSR count). The maximum Gasteiger partial charge on any atom is 0.0595 e. The van der Waals surface area contributed by atoms with Crippen molar-refractivity contribution in [3.63, 3.8) is 0 Å². The Hall–Kier alpha value is -0.320. The standard InChI is InChI=1S/C14H19Cl2NO2/c15-13-2-1-10(5-14(13)16)6-17-7-11(3-4-18)12(8-17)9-19/h1-2,5,11-12,18-19H,3-4,6-9H2. The van der Waals surface area contributed by atoms with E-state index < -0.39 is 0 Å². The Labute approximate surface area is 123 Å². The Morgan fingerprint density at radius 2 is 1.84 bits per heavy atom. The minimum absolute atomic E-state index is 0.182. The predicted octanol–water partition coefficient (Wildman–Crippen LogP) is 2.42. The fourth-order valence-corrected chi connectivity index (χ4v) is 3.08. The molecule has 1 saturated heterocycles. The Balaban J connectivity index is 1.98. The topological polar surface area (TPSA) is 43.7 Å². The van der Waals surface area contributed by atoms with Crippen LogP contribution in [0.15, 0.2) is 18.2 Å². The van der Waals surface area contributed by atoms with Crippen molar-refractivity contribution in [3.8, 4) is 0 Å². The fourth-order valence-electron chi connectivity index (χ4n) is 2.76. The number of nitrogens with zero attached hydrogens (tertiary/aromatic N) is 1. The molecule has 0 aromatic heterocycles. The monoisotopic (exact) mass is 303 g/mol. The summed E-state index contributed by atoms with van der Waals surface area (Å²) < 4.78 is 0. The zero-order chi connectivity index (χ0) is 13.8. The molecule has 2 N–H and O–H groups in total. The summed E-state index contributed by atoms with van der Waals surface area (Å²) in [4.78, 5) is 2.29. The van der Waals surface area contributed by atoms with Crippen molar-refractivity contribution < 1.29 is 10.2 Å². The van der Waals surface area contributed by atoms with Crippen LogP contribution in [0.1, 0.15) is 12.0 Å². The van der Waals surface area contributed by atoms with Crippen molar-refractivity contribution in [2.75, 3.05) is 26.3 Å². The second kappa shape index (κ2) is 6.91. The minimum Gasteiger partial charge on any atom is -0.396 e. The van der Waals surface area contributed by atoms with Crippen LogP contribution in [0, 0.1) is 11.8 Å². The lowest BCUT2D eigenvalue weighted by Gasteiger charge is -2.16. The van der Waals surface area contributed by atoms with Crippen LogP contribution in [0.25, 0.3) is 0 Å². The molecular weight excluding hydrogens is 285 g/mol. The Morgan fingerprint density at radius 3 is 2.47 bits per heavy atom. The molecule has 0 saturated carbocycles. The molecule has 0 spiro atoms. The number of aliphatic hydroxyl groups is 2. The third kappa shape index (κ3) is 3.83. The summed E-state index contributed by atoms with van der Waals surface area (Å²) >= 11 is 11.9. The van der Waals surface area contributed by atoms with E-state index >= 15 is 0 Å². The number of hydrogen-bond acceptors (Lipinski definition) is 3. The molecule has 1 aromatic rings. The largest absolute Gasteiger partial charge is 0.396 e.